The Morgan fingerprint density at radius 2 is 1.91 bits per heavy atom. The Morgan fingerprint density at radius 1 is 1.12 bits per heavy atom. The van der Waals surface area contributed by atoms with Crippen molar-refractivity contribution in [3.8, 4) is 17.2 Å². The van der Waals surface area contributed by atoms with Gasteiger partial charge in [-0.1, -0.05) is 23.9 Å². The quantitative estimate of drug-likeness (QED) is 0.181. The van der Waals surface area contributed by atoms with Crippen LogP contribution in [-0.4, -0.2) is 54.1 Å². The van der Waals surface area contributed by atoms with Crippen molar-refractivity contribution in [1.82, 2.24) is 14.9 Å². The van der Waals surface area contributed by atoms with Gasteiger partial charge in [0.1, 0.15) is 17.2 Å². The van der Waals surface area contributed by atoms with Crippen molar-refractivity contribution in [2.45, 2.75) is 5.16 Å². The number of rotatable bonds is 10. The molecule has 3 aromatic rings. The molecular formula is C20H23N7O4S. The zero-order valence-electron chi connectivity index (χ0n) is 17.7. The molecule has 0 aliphatic carbocycles. The summed E-state index contributed by atoms with van der Waals surface area (Å²) in [5.41, 5.74) is 4.03. The Bertz CT molecular complexity index is 1100. The molecule has 0 radical (unpaired) electrons. The molecule has 1 heterocycles. The molecule has 0 aliphatic heterocycles. The Labute approximate surface area is 188 Å². The molecule has 12 heteroatoms. The number of ether oxygens (including phenoxy) is 3. The molecule has 3 rings (SSSR count). The topological polar surface area (TPSA) is 138 Å². The summed E-state index contributed by atoms with van der Waals surface area (Å²) in [4.78, 5) is 12.3. The molecule has 1 amide bonds. The van der Waals surface area contributed by atoms with Crippen LogP contribution in [0.3, 0.4) is 0 Å². The lowest BCUT2D eigenvalue weighted by Gasteiger charge is -2.11. The number of nitrogen functional groups attached to an aromatic ring is 1. The molecule has 2 aromatic carbocycles. The molecule has 0 atom stereocenters. The smallest absolute Gasteiger partial charge is 0.264 e. The van der Waals surface area contributed by atoms with Crippen LogP contribution in [0.15, 0.2) is 52.7 Å². The van der Waals surface area contributed by atoms with Crippen molar-refractivity contribution in [3.63, 3.8) is 0 Å². The number of benzene rings is 2. The summed E-state index contributed by atoms with van der Waals surface area (Å²) in [7, 11) is 4.65. The summed E-state index contributed by atoms with van der Waals surface area (Å²) in [6, 6.07) is 12.5. The number of aromatic nitrogens is 3. The second-order valence-corrected chi connectivity index (χ2v) is 7.13. The normalized spacial score (nSPS) is 10.7. The third-order valence-corrected chi connectivity index (χ3v) is 5.13. The molecule has 168 valence electrons. The van der Waals surface area contributed by atoms with Gasteiger partial charge in [-0.25, -0.2) is 10.1 Å². The predicted molar refractivity (Wildman–Crippen MR) is 123 cm³/mol. The number of methoxy groups -OCH3 is 3. The SMILES string of the molecule is COc1ccc(NC(=O)CSc2nnc(N/N=C/c3ccccc3OC)n2N)c(OC)c1. The highest BCUT2D eigenvalue weighted by molar-refractivity contribution is 7.99. The molecule has 1 aromatic heterocycles. The lowest BCUT2D eigenvalue weighted by Crippen LogP contribution is -2.17. The minimum Gasteiger partial charge on any atom is -0.497 e. The highest BCUT2D eigenvalue weighted by atomic mass is 32.2. The highest BCUT2D eigenvalue weighted by Gasteiger charge is 2.14. The Morgan fingerprint density at radius 3 is 2.66 bits per heavy atom. The first kappa shape index (κ1) is 22.7. The lowest BCUT2D eigenvalue weighted by molar-refractivity contribution is -0.113. The monoisotopic (exact) mass is 457 g/mol. The van der Waals surface area contributed by atoms with E-state index < -0.39 is 0 Å². The fourth-order valence-corrected chi connectivity index (χ4v) is 3.26. The van der Waals surface area contributed by atoms with Crippen LogP contribution in [0, 0.1) is 0 Å². The van der Waals surface area contributed by atoms with Crippen LogP contribution in [0.2, 0.25) is 0 Å². The first-order valence-electron chi connectivity index (χ1n) is 9.33. The van der Waals surface area contributed by atoms with Gasteiger partial charge in [-0.2, -0.15) is 5.10 Å². The molecular weight excluding hydrogens is 434 g/mol. The predicted octanol–water partition coefficient (Wildman–Crippen LogP) is 2.19. The van der Waals surface area contributed by atoms with Crippen LogP contribution in [0.1, 0.15) is 5.56 Å². The van der Waals surface area contributed by atoms with Crippen LogP contribution in [0.25, 0.3) is 0 Å². The van der Waals surface area contributed by atoms with Gasteiger partial charge in [0.25, 0.3) is 5.95 Å². The van der Waals surface area contributed by atoms with E-state index in [1.54, 1.807) is 38.6 Å². The van der Waals surface area contributed by atoms with Gasteiger partial charge in [0.2, 0.25) is 11.1 Å². The molecule has 0 spiro atoms. The first-order chi connectivity index (χ1) is 15.5. The van der Waals surface area contributed by atoms with E-state index in [4.69, 9.17) is 20.1 Å². The minimum atomic E-state index is -0.259. The van der Waals surface area contributed by atoms with Crippen molar-refractivity contribution >= 4 is 35.5 Å². The molecule has 0 saturated carbocycles. The van der Waals surface area contributed by atoms with Crippen molar-refractivity contribution in [1.29, 1.82) is 0 Å². The first-order valence-corrected chi connectivity index (χ1v) is 10.3. The van der Waals surface area contributed by atoms with Gasteiger partial charge >= 0.3 is 0 Å². The fraction of sp³-hybridized carbons (Fsp3) is 0.200. The number of para-hydroxylation sites is 1. The van der Waals surface area contributed by atoms with E-state index in [9.17, 15) is 4.79 Å². The molecule has 0 saturated heterocycles. The van der Waals surface area contributed by atoms with Gasteiger partial charge in [-0.15, -0.1) is 10.2 Å². The molecule has 0 unspecified atom stereocenters. The van der Waals surface area contributed by atoms with E-state index in [0.29, 0.717) is 28.1 Å². The number of amides is 1. The second-order valence-electron chi connectivity index (χ2n) is 6.19. The average molecular weight is 458 g/mol. The van der Waals surface area contributed by atoms with E-state index in [-0.39, 0.29) is 17.6 Å². The second kappa shape index (κ2) is 10.9. The molecule has 32 heavy (non-hydrogen) atoms. The van der Waals surface area contributed by atoms with Crippen LogP contribution in [0.4, 0.5) is 11.6 Å². The van der Waals surface area contributed by atoms with Gasteiger partial charge in [0.05, 0.1) is 39.0 Å². The highest BCUT2D eigenvalue weighted by Crippen LogP contribution is 2.29. The summed E-state index contributed by atoms with van der Waals surface area (Å²) in [6.45, 7) is 0. The summed E-state index contributed by atoms with van der Waals surface area (Å²) >= 11 is 1.13. The average Bonchev–Trinajstić information content (AvgIpc) is 3.17. The van der Waals surface area contributed by atoms with Crippen molar-refractivity contribution in [2.24, 2.45) is 5.10 Å². The zero-order chi connectivity index (χ0) is 22.9. The number of carbonyl (C=O) groups excluding carboxylic acids is 1. The fourth-order valence-electron chi connectivity index (χ4n) is 2.60. The number of hydrogen-bond donors (Lipinski definition) is 3. The summed E-state index contributed by atoms with van der Waals surface area (Å²) < 4.78 is 16.9. The standard InChI is InChI=1S/C20H23N7O4S/c1-29-14-8-9-15(17(10-14)31-3)23-18(28)12-32-20-26-25-19(27(20)21)24-22-11-13-6-4-5-7-16(13)30-2/h4-11H,12,21H2,1-3H3,(H,23,28)(H,24,25)/b22-11+. The molecule has 4 N–H and O–H groups in total. The summed E-state index contributed by atoms with van der Waals surface area (Å²) in [5, 5.41) is 15.2. The van der Waals surface area contributed by atoms with Crippen molar-refractivity contribution < 1.29 is 19.0 Å². The van der Waals surface area contributed by atoms with E-state index in [1.807, 2.05) is 24.3 Å². The van der Waals surface area contributed by atoms with Crippen molar-refractivity contribution in [3.05, 3.63) is 48.0 Å². The van der Waals surface area contributed by atoms with Gasteiger partial charge in [-0.3, -0.25) is 4.79 Å². The maximum absolute atomic E-state index is 12.3. The lowest BCUT2D eigenvalue weighted by atomic mass is 10.2. The van der Waals surface area contributed by atoms with Crippen molar-refractivity contribution in [2.75, 3.05) is 43.7 Å². The van der Waals surface area contributed by atoms with Gasteiger partial charge in [-0.05, 0) is 24.3 Å². The number of hydrazone groups is 1. The number of hydrogen-bond acceptors (Lipinski definition) is 10. The molecule has 0 bridgehead atoms. The number of thioether (sulfide) groups is 1. The van der Waals surface area contributed by atoms with Crippen LogP contribution < -0.4 is 30.8 Å². The third kappa shape index (κ3) is 5.60. The number of carbonyl (C=O) groups is 1. The van der Waals surface area contributed by atoms with E-state index in [2.05, 4.69) is 26.0 Å². The maximum Gasteiger partial charge on any atom is 0.264 e. The van der Waals surface area contributed by atoms with Gasteiger partial charge < -0.3 is 25.4 Å². The van der Waals surface area contributed by atoms with Gasteiger partial charge in [0, 0.05) is 11.6 Å². The van der Waals surface area contributed by atoms with E-state index in [1.165, 1.54) is 11.8 Å². The molecule has 11 nitrogen and oxygen atoms in total. The number of nitrogens with one attached hydrogen (secondary N) is 2. The Kier molecular flexibility index (Phi) is 7.75. The zero-order valence-corrected chi connectivity index (χ0v) is 18.5. The number of nitrogens with zero attached hydrogens (tertiary/aromatic N) is 4. The minimum absolute atomic E-state index is 0.0645. The van der Waals surface area contributed by atoms with Crippen LogP contribution in [0.5, 0.6) is 17.2 Å². The number of nitrogens with two attached hydrogens (primary N) is 1. The Hall–Kier alpha value is -3.93. The molecule has 0 fully saturated rings. The number of anilines is 2. The molecule has 0 aliphatic rings. The summed E-state index contributed by atoms with van der Waals surface area (Å²) in [5.74, 6) is 7.82. The van der Waals surface area contributed by atoms with Gasteiger partial charge in [0.15, 0.2) is 0 Å². The maximum atomic E-state index is 12.3. The third-order valence-electron chi connectivity index (χ3n) is 4.19. The Balaban J connectivity index is 1.57. The summed E-state index contributed by atoms with van der Waals surface area (Å²) in [6.07, 6.45) is 1.58. The van der Waals surface area contributed by atoms with Crippen LogP contribution in [-0.2, 0) is 4.79 Å². The largest absolute Gasteiger partial charge is 0.497 e. The van der Waals surface area contributed by atoms with Crippen LogP contribution >= 0.6 is 11.8 Å². The van der Waals surface area contributed by atoms with E-state index >= 15 is 0 Å². The van der Waals surface area contributed by atoms with E-state index in [0.717, 1.165) is 17.3 Å².